The van der Waals surface area contributed by atoms with Gasteiger partial charge in [-0.2, -0.15) is 0 Å². The summed E-state index contributed by atoms with van der Waals surface area (Å²) in [5.41, 5.74) is 14.2. The van der Waals surface area contributed by atoms with Crippen LogP contribution in [0.1, 0.15) is 25.0 Å². The van der Waals surface area contributed by atoms with Gasteiger partial charge in [-0.1, -0.05) is 98.8 Å². The highest BCUT2D eigenvalue weighted by atomic mass is 32.1. The standard InChI is InChI=1S/C37H27NS/c1-37(2)32-15-9-14-30-31-21-26(16-17-34(31)38(36(30)32)35-23-39-22-33(35)37)29-19-27(24-10-5-3-6-11-24)18-28(20-29)25-12-7-4-8-13-25/h3-23H,1-2H3. The molecule has 0 amide bonds. The Morgan fingerprint density at radius 1 is 0.513 bits per heavy atom. The lowest BCUT2D eigenvalue weighted by Crippen LogP contribution is -2.24. The first-order valence-corrected chi connectivity index (χ1v) is 14.4. The maximum atomic E-state index is 2.50. The first kappa shape index (κ1) is 22.6. The Bertz CT molecular complexity index is 1970. The number of para-hydroxylation sites is 1. The zero-order chi connectivity index (χ0) is 26.1. The fourth-order valence-electron chi connectivity index (χ4n) is 6.47. The lowest BCUT2D eigenvalue weighted by Gasteiger charge is -2.32. The molecule has 0 bridgehead atoms. The monoisotopic (exact) mass is 517 g/mol. The smallest absolute Gasteiger partial charge is 0.0610 e. The molecule has 2 heteroatoms. The minimum atomic E-state index is -0.0172. The maximum Gasteiger partial charge on any atom is 0.0610 e. The zero-order valence-corrected chi connectivity index (χ0v) is 22.8. The summed E-state index contributed by atoms with van der Waals surface area (Å²) in [5, 5.41) is 7.29. The molecule has 186 valence electrons. The molecule has 0 saturated heterocycles. The lowest BCUT2D eigenvalue weighted by molar-refractivity contribution is 0.633. The number of fused-ring (bicyclic) bond motifs is 5. The number of hydrogen-bond acceptors (Lipinski definition) is 1. The third-order valence-corrected chi connectivity index (χ3v) is 9.23. The van der Waals surface area contributed by atoms with E-state index in [1.807, 2.05) is 0 Å². The van der Waals surface area contributed by atoms with Crippen LogP contribution >= 0.6 is 11.3 Å². The Hall–Kier alpha value is -4.40. The van der Waals surface area contributed by atoms with Crippen molar-refractivity contribution in [3.63, 3.8) is 0 Å². The van der Waals surface area contributed by atoms with E-state index in [4.69, 9.17) is 0 Å². The molecule has 0 spiro atoms. The van der Waals surface area contributed by atoms with Gasteiger partial charge in [0.05, 0.1) is 16.7 Å². The Kier molecular flexibility index (Phi) is 4.80. The molecule has 2 aromatic heterocycles. The molecule has 7 aromatic rings. The number of thiophene rings is 1. The van der Waals surface area contributed by atoms with E-state index >= 15 is 0 Å². The predicted molar refractivity (Wildman–Crippen MR) is 167 cm³/mol. The second kappa shape index (κ2) is 8.30. The number of hydrogen-bond donors (Lipinski definition) is 0. The summed E-state index contributed by atoms with van der Waals surface area (Å²) in [4.78, 5) is 0. The van der Waals surface area contributed by atoms with Crippen LogP contribution in [0.2, 0.25) is 0 Å². The highest BCUT2D eigenvalue weighted by Gasteiger charge is 2.35. The van der Waals surface area contributed by atoms with Gasteiger partial charge in [0.1, 0.15) is 0 Å². The molecule has 1 aliphatic heterocycles. The summed E-state index contributed by atoms with van der Waals surface area (Å²) < 4.78 is 2.50. The molecule has 0 N–H and O–H groups in total. The van der Waals surface area contributed by atoms with Crippen molar-refractivity contribution in [3.8, 4) is 39.1 Å². The molecule has 39 heavy (non-hydrogen) atoms. The van der Waals surface area contributed by atoms with Gasteiger partial charge in [-0.05, 0) is 80.2 Å². The Morgan fingerprint density at radius 2 is 1.15 bits per heavy atom. The van der Waals surface area contributed by atoms with Crippen molar-refractivity contribution >= 4 is 33.1 Å². The van der Waals surface area contributed by atoms with E-state index in [1.54, 1.807) is 11.3 Å². The second-order valence-electron chi connectivity index (χ2n) is 11.1. The summed E-state index contributed by atoms with van der Waals surface area (Å²) in [6, 6.07) is 42.3. The quantitative estimate of drug-likeness (QED) is 0.220. The summed E-state index contributed by atoms with van der Waals surface area (Å²) in [6.45, 7) is 4.72. The topological polar surface area (TPSA) is 4.93 Å². The number of aromatic nitrogens is 1. The summed E-state index contributed by atoms with van der Waals surface area (Å²) in [6.07, 6.45) is 0. The van der Waals surface area contributed by atoms with Gasteiger partial charge in [0, 0.05) is 21.6 Å². The van der Waals surface area contributed by atoms with Crippen LogP contribution in [0.5, 0.6) is 0 Å². The molecule has 5 aromatic carbocycles. The van der Waals surface area contributed by atoms with Crippen LogP contribution in [0.3, 0.4) is 0 Å². The summed E-state index contributed by atoms with van der Waals surface area (Å²) in [7, 11) is 0. The normalized spacial score (nSPS) is 13.6. The third kappa shape index (κ3) is 3.32. The van der Waals surface area contributed by atoms with Crippen LogP contribution in [0.15, 0.2) is 126 Å². The SMILES string of the molecule is CC1(C)c2cscc2-n2c3ccc(-c4cc(-c5ccccc5)cc(-c5ccccc5)c4)cc3c3cccc1c32. The number of rotatable bonds is 3. The first-order chi connectivity index (χ1) is 19.1. The highest BCUT2D eigenvalue weighted by molar-refractivity contribution is 7.08. The molecule has 0 fully saturated rings. The molecule has 8 rings (SSSR count). The van der Waals surface area contributed by atoms with Crippen LogP contribution < -0.4 is 0 Å². The van der Waals surface area contributed by atoms with Gasteiger partial charge in [-0.15, -0.1) is 11.3 Å². The molecule has 0 unspecified atom stereocenters. The van der Waals surface area contributed by atoms with Crippen LogP contribution in [0.4, 0.5) is 0 Å². The van der Waals surface area contributed by atoms with Crippen molar-refractivity contribution < 1.29 is 0 Å². The van der Waals surface area contributed by atoms with E-state index in [0.29, 0.717) is 0 Å². The minimum absolute atomic E-state index is 0.0172. The molecule has 1 nitrogen and oxygen atoms in total. The molecule has 0 radical (unpaired) electrons. The van der Waals surface area contributed by atoms with E-state index in [1.165, 1.54) is 72.0 Å². The maximum absolute atomic E-state index is 2.50. The van der Waals surface area contributed by atoms with Crippen molar-refractivity contribution in [1.82, 2.24) is 4.57 Å². The van der Waals surface area contributed by atoms with E-state index in [2.05, 4.69) is 144 Å². The predicted octanol–water partition coefficient (Wildman–Crippen LogP) is 10.5. The van der Waals surface area contributed by atoms with Gasteiger partial charge < -0.3 is 4.57 Å². The molecule has 0 saturated carbocycles. The number of nitrogens with zero attached hydrogens (tertiary/aromatic N) is 1. The number of benzene rings is 5. The fraction of sp³-hybridized carbons (Fsp3) is 0.0811. The van der Waals surface area contributed by atoms with Crippen LogP contribution in [0, 0.1) is 0 Å². The molecule has 0 atom stereocenters. The average Bonchev–Trinajstić information content (AvgIpc) is 3.61. The van der Waals surface area contributed by atoms with Crippen LogP contribution in [0.25, 0.3) is 60.9 Å². The van der Waals surface area contributed by atoms with Crippen molar-refractivity contribution in [2.45, 2.75) is 19.3 Å². The molecule has 0 aliphatic carbocycles. The first-order valence-electron chi connectivity index (χ1n) is 13.5. The summed E-state index contributed by atoms with van der Waals surface area (Å²) >= 11 is 1.80. The lowest BCUT2D eigenvalue weighted by atomic mass is 9.76. The van der Waals surface area contributed by atoms with Crippen molar-refractivity contribution in [2.24, 2.45) is 0 Å². The molecule has 1 aliphatic rings. The van der Waals surface area contributed by atoms with Gasteiger partial charge >= 0.3 is 0 Å². The van der Waals surface area contributed by atoms with Crippen molar-refractivity contribution in [2.75, 3.05) is 0 Å². The fourth-order valence-corrected chi connectivity index (χ4v) is 7.45. The average molecular weight is 518 g/mol. The largest absolute Gasteiger partial charge is 0.308 e. The third-order valence-electron chi connectivity index (χ3n) is 8.50. The summed E-state index contributed by atoms with van der Waals surface area (Å²) in [5.74, 6) is 0. The Labute approximate surface area is 232 Å². The van der Waals surface area contributed by atoms with Crippen molar-refractivity contribution in [1.29, 1.82) is 0 Å². The highest BCUT2D eigenvalue weighted by Crippen LogP contribution is 2.49. The van der Waals surface area contributed by atoms with Crippen molar-refractivity contribution in [3.05, 3.63) is 137 Å². The molecular weight excluding hydrogens is 490 g/mol. The second-order valence-corrected chi connectivity index (χ2v) is 11.8. The van der Waals surface area contributed by atoms with E-state index < -0.39 is 0 Å². The van der Waals surface area contributed by atoms with Gasteiger partial charge in [-0.3, -0.25) is 0 Å². The minimum Gasteiger partial charge on any atom is -0.308 e. The van der Waals surface area contributed by atoms with Crippen LogP contribution in [-0.2, 0) is 5.41 Å². The molecule has 3 heterocycles. The van der Waals surface area contributed by atoms with Crippen LogP contribution in [-0.4, -0.2) is 4.57 Å². The zero-order valence-electron chi connectivity index (χ0n) is 22.0. The van der Waals surface area contributed by atoms with Gasteiger partial charge in [0.25, 0.3) is 0 Å². The van der Waals surface area contributed by atoms with Gasteiger partial charge in [0.2, 0.25) is 0 Å². The van der Waals surface area contributed by atoms with Gasteiger partial charge in [0.15, 0.2) is 0 Å². The van der Waals surface area contributed by atoms with E-state index in [0.717, 1.165) is 0 Å². The molecular formula is C37H27NS. The Morgan fingerprint density at radius 3 is 1.82 bits per heavy atom. The van der Waals surface area contributed by atoms with E-state index in [-0.39, 0.29) is 5.41 Å². The van der Waals surface area contributed by atoms with E-state index in [9.17, 15) is 0 Å². The van der Waals surface area contributed by atoms with Gasteiger partial charge in [-0.25, -0.2) is 0 Å². The Balaban J connectivity index is 1.39.